The second-order valence-electron chi connectivity index (χ2n) is 1.37. The number of thiocarbonyl (C=S) groups is 1. The van der Waals surface area contributed by atoms with Gasteiger partial charge in [-0.2, -0.15) is 0 Å². The number of ether oxygens (including phenoxy) is 1. The average molecular weight is 165 g/mol. The van der Waals surface area contributed by atoms with E-state index in [2.05, 4.69) is 0 Å². The van der Waals surface area contributed by atoms with E-state index < -0.39 is 0 Å². The third-order valence-electron chi connectivity index (χ3n) is 0.679. The van der Waals surface area contributed by atoms with Crippen molar-refractivity contribution in [2.24, 2.45) is 0 Å². The lowest BCUT2D eigenvalue weighted by atomic mass is 10.4. The topological polar surface area (TPSA) is 9.23 Å². The molecular weight excluding hydrogens is 156 g/mol. The lowest BCUT2D eigenvalue weighted by Crippen LogP contribution is -1.98. The summed E-state index contributed by atoms with van der Waals surface area (Å²) in [5.41, 5.74) is 1.44. The first-order valence-electron chi connectivity index (χ1n) is 2.72. The molecule has 0 aromatic heterocycles. The second kappa shape index (κ2) is 6.05. The summed E-state index contributed by atoms with van der Waals surface area (Å²) in [6, 6.07) is 0. The highest BCUT2D eigenvalue weighted by Gasteiger charge is 1.88. The molecule has 3 heteroatoms. The van der Waals surface area contributed by atoms with Gasteiger partial charge < -0.3 is 4.74 Å². The van der Waals surface area contributed by atoms with Crippen LogP contribution >= 0.6 is 23.8 Å². The summed E-state index contributed by atoms with van der Waals surface area (Å²) in [5.74, 6) is 0. The molecule has 0 aromatic carbocycles. The van der Waals surface area contributed by atoms with Gasteiger partial charge in [0.25, 0.3) is 0 Å². The van der Waals surface area contributed by atoms with Crippen molar-refractivity contribution in [3.63, 3.8) is 0 Å². The molecule has 0 radical (unpaired) electrons. The Bertz CT molecular complexity index is 112. The van der Waals surface area contributed by atoms with Gasteiger partial charge in [-0.25, -0.2) is 0 Å². The Morgan fingerprint density at radius 3 is 2.89 bits per heavy atom. The van der Waals surface area contributed by atoms with E-state index in [1.165, 1.54) is 5.54 Å². The molecule has 0 spiro atoms. The molecule has 0 atom stereocenters. The third kappa shape index (κ3) is 5.80. The molecule has 0 rings (SSSR count). The summed E-state index contributed by atoms with van der Waals surface area (Å²) < 4.78 is 4.97. The summed E-state index contributed by atoms with van der Waals surface area (Å²) in [6.07, 6.45) is 2.38. The van der Waals surface area contributed by atoms with E-state index in [0.29, 0.717) is 18.1 Å². The third-order valence-corrected chi connectivity index (χ3v) is 1.14. The van der Waals surface area contributed by atoms with Crippen LogP contribution in [0.25, 0.3) is 0 Å². The molecule has 0 aromatic rings. The van der Waals surface area contributed by atoms with Gasteiger partial charge in [-0.05, 0) is 19.1 Å². The first kappa shape index (κ1) is 8.92. The smallest absolute Gasteiger partial charge is 0.163 e. The quantitative estimate of drug-likeness (QED) is 0.593. The lowest BCUT2D eigenvalue weighted by Gasteiger charge is -1.98. The molecule has 0 unspecified atom stereocenters. The zero-order valence-corrected chi connectivity index (χ0v) is 6.84. The SMILES string of the molecule is CCOC(=S)CC=CCl. The van der Waals surface area contributed by atoms with E-state index in [9.17, 15) is 0 Å². The maximum Gasteiger partial charge on any atom is 0.163 e. The van der Waals surface area contributed by atoms with Crippen molar-refractivity contribution < 1.29 is 4.74 Å². The van der Waals surface area contributed by atoms with Crippen molar-refractivity contribution >= 4 is 28.9 Å². The van der Waals surface area contributed by atoms with Gasteiger partial charge in [-0.15, -0.1) is 0 Å². The molecule has 0 N–H and O–H groups in total. The van der Waals surface area contributed by atoms with Gasteiger partial charge in [0.15, 0.2) is 5.05 Å². The van der Waals surface area contributed by atoms with Crippen LogP contribution in [0.2, 0.25) is 0 Å². The van der Waals surface area contributed by atoms with Crippen LogP contribution in [0.15, 0.2) is 11.6 Å². The Labute approximate surface area is 65.6 Å². The maximum absolute atomic E-state index is 5.25. The molecule has 0 heterocycles. The van der Waals surface area contributed by atoms with Gasteiger partial charge in [-0.3, -0.25) is 0 Å². The van der Waals surface area contributed by atoms with E-state index in [1.807, 2.05) is 6.92 Å². The number of hydrogen-bond acceptors (Lipinski definition) is 2. The highest BCUT2D eigenvalue weighted by atomic mass is 35.5. The van der Waals surface area contributed by atoms with E-state index >= 15 is 0 Å². The standard InChI is InChI=1S/C6H9ClOS/c1-2-8-6(9)4-3-5-7/h3,5H,2,4H2,1H3. The molecule has 0 fully saturated rings. The van der Waals surface area contributed by atoms with Crippen molar-refractivity contribution in [1.29, 1.82) is 0 Å². The van der Waals surface area contributed by atoms with Crippen molar-refractivity contribution in [2.45, 2.75) is 13.3 Å². The van der Waals surface area contributed by atoms with Crippen LogP contribution in [0.1, 0.15) is 13.3 Å². The molecule has 52 valence electrons. The highest BCUT2D eigenvalue weighted by molar-refractivity contribution is 7.80. The molecule has 0 saturated heterocycles. The highest BCUT2D eigenvalue weighted by Crippen LogP contribution is 1.92. The normalized spacial score (nSPS) is 10.0. The molecule has 0 bridgehead atoms. The van der Waals surface area contributed by atoms with Crippen LogP contribution in [0.3, 0.4) is 0 Å². The predicted octanol–water partition coefficient (Wildman–Crippen LogP) is 2.49. The number of hydrogen-bond donors (Lipinski definition) is 0. The van der Waals surface area contributed by atoms with Crippen molar-refractivity contribution in [3.8, 4) is 0 Å². The average Bonchev–Trinajstić information content (AvgIpc) is 1.85. The second-order valence-corrected chi connectivity index (χ2v) is 2.08. The molecule has 1 nitrogen and oxygen atoms in total. The van der Waals surface area contributed by atoms with Gasteiger partial charge in [0.2, 0.25) is 0 Å². The Balaban J connectivity index is 3.27. The largest absolute Gasteiger partial charge is 0.487 e. The van der Waals surface area contributed by atoms with Crippen LogP contribution < -0.4 is 0 Å². The van der Waals surface area contributed by atoms with E-state index in [-0.39, 0.29) is 0 Å². The fraction of sp³-hybridized carbons (Fsp3) is 0.500. The van der Waals surface area contributed by atoms with Crippen LogP contribution in [-0.2, 0) is 4.74 Å². The minimum Gasteiger partial charge on any atom is -0.487 e. The summed E-state index contributed by atoms with van der Waals surface area (Å²) in [4.78, 5) is 0. The molecule has 0 aliphatic carbocycles. The van der Waals surface area contributed by atoms with Gasteiger partial charge in [0.05, 0.1) is 6.61 Å². The molecule has 9 heavy (non-hydrogen) atoms. The summed E-state index contributed by atoms with van der Waals surface area (Å²) in [7, 11) is 0. The maximum atomic E-state index is 5.25. The van der Waals surface area contributed by atoms with Gasteiger partial charge >= 0.3 is 0 Å². The van der Waals surface area contributed by atoms with Crippen LogP contribution in [0.5, 0.6) is 0 Å². The Morgan fingerprint density at radius 2 is 2.44 bits per heavy atom. The first-order chi connectivity index (χ1) is 4.31. The van der Waals surface area contributed by atoms with Gasteiger partial charge in [0, 0.05) is 12.0 Å². The molecule has 0 amide bonds. The molecular formula is C6H9ClOS. The van der Waals surface area contributed by atoms with Crippen molar-refractivity contribution in [3.05, 3.63) is 11.6 Å². The summed E-state index contributed by atoms with van der Waals surface area (Å²) in [6.45, 7) is 2.53. The minimum absolute atomic E-state index is 0.592. The predicted molar refractivity (Wildman–Crippen MR) is 43.8 cm³/mol. The van der Waals surface area contributed by atoms with E-state index in [4.69, 9.17) is 28.6 Å². The molecule has 0 aliphatic heterocycles. The molecule has 0 aliphatic rings. The van der Waals surface area contributed by atoms with Crippen LogP contribution in [-0.4, -0.2) is 11.7 Å². The summed E-state index contributed by atoms with van der Waals surface area (Å²) in [5, 5.41) is 0.592. The summed E-state index contributed by atoms with van der Waals surface area (Å²) >= 11 is 10.0. The fourth-order valence-electron chi connectivity index (χ4n) is 0.361. The van der Waals surface area contributed by atoms with E-state index in [1.54, 1.807) is 6.08 Å². The van der Waals surface area contributed by atoms with Gasteiger partial charge in [-0.1, -0.05) is 17.7 Å². The Kier molecular flexibility index (Phi) is 5.99. The number of rotatable bonds is 3. The fourth-order valence-corrected chi connectivity index (χ4v) is 0.664. The molecule has 0 saturated carbocycles. The zero-order chi connectivity index (χ0) is 7.11. The number of halogens is 1. The first-order valence-corrected chi connectivity index (χ1v) is 3.56. The monoisotopic (exact) mass is 164 g/mol. The van der Waals surface area contributed by atoms with Crippen molar-refractivity contribution in [2.75, 3.05) is 6.61 Å². The Hall–Kier alpha value is -0.0800. The van der Waals surface area contributed by atoms with Crippen LogP contribution in [0, 0.1) is 0 Å². The Morgan fingerprint density at radius 1 is 1.78 bits per heavy atom. The van der Waals surface area contributed by atoms with Crippen molar-refractivity contribution in [1.82, 2.24) is 0 Å². The van der Waals surface area contributed by atoms with Gasteiger partial charge in [0.1, 0.15) is 0 Å². The zero-order valence-electron chi connectivity index (χ0n) is 5.26. The van der Waals surface area contributed by atoms with E-state index in [0.717, 1.165) is 0 Å². The van der Waals surface area contributed by atoms with Crippen LogP contribution in [0.4, 0.5) is 0 Å². The minimum atomic E-state index is 0.592. The lowest BCUT2D eigenvalue weighted by molar-refractivity contribution is 0.330.